The van der Waals surface area contributed by atoms with Crippen molar-refractivity contribution in [2.24, 2.45) is 0 Å². The van der Waals surface area contributed by atoms with E-state index in [4.69, 9.17) is 4.74 Å². The fourth-order valence-electron chi connectivity index (χ4n) is 1.60. The Morgan fingerprint density at radius 1 is 1.18 bits per heavy atom. The number of rotatable bonds is 8. The summed E-state index contributed by atoms with van der Waals surface area (Å²) in [6.45, 7) is 7.45. The molecule has 0 atom stereocenters. The van der Waals surface area contributed by atoms with E-state index in [1.165, 1.54) is 24.2 Å². The van der Waals surface area contributed by atoms with E-state index in [-0.39, 0.29) is 0 Å². The summed E-state index contributed by atoms with van der Waals surface area (Å²) in [6, 6.07) is 8.26. The molecule has 0 saturated heterocycles. The van der Waals surface area contributed by atoms with Crippen LogP contribution in [0.2, 0.25) is 0 Å². The van der Waals surface area contributed by atoms with E-state index in [2.05, 4.69) is 32.9 Å². The first-order valence-corrected chi connectivity index (χ1v) is 7.54. The van der Waals surface area contributed by atoms with E-state index < -0.39 is 0 Å². The molecule has 0 fully saturated rings. The number of ether oxygens (including phenoxy) is 1. The van der Waals surface area contributed by atoms with Crippen molar-refractivity contribution in [2.75, 3.05) is 12.4 Å². The van der Waals surface area contributed by atoms with Crippen LogP contribution in [0.3, 0.4) is 0 Å². The Morgan fingerprint density at radius 3 is 2.71 bits per heavy atom. The van der Waals surface area contributed by atoms with E-state index in [9.17, 15) is 0 Å². The highest BCUT2D eigenvalue weighted by Crippen LogP contribution is 2.14. The van der Waals surface area contributed by atoms with Crippen LogP contribution in [0, 0.1) is 6.92 Å². The van der Waals surface area contributed by atoms with E-state index in [0.29, 0.717) is 0 Å². The van der Waals surface area contributed by atoms with Crippen LogP contribution in [-0.2, 0) is 0 Å². The third kappa shape index (κ3) is 7.32. The van der Waals surface area contributed by atoms with E-state index in [1.807, 2.05) is 23.9 Å². The van der Waals surface area contributed by atoms with E-state index >= 15 is 0 Å². The maximum atomic E-state index is 5.71. The third-order valence-corrected chi connectivity index (χ3v) is 3.69. The summed E-state index contributed by atoms with van der Waals surface area (Å²) < 4.78 is 5.71. The van der Waals surface area contributed by atoms with Gasteiger partial charge in [0, 0.05) is 0 Å². The van der Waals surface area contributed by atoms with Crippen molar-refractivity contribution in [3.63, 3.8) is 0 Å². The molecule has 0 aliphatic rings. The van der Waals surface area contributed by atoms with Gasteiger partial charge in [0.1, 0.15) is 5.75 Å². The highest BCUT2D eigenvalue weighted by Gasteiger charge is 1.96. The normalized spacial score (nSPS) is 10.8. The van der Waals surface area contributed by atoms with Crippen LogP contribution in [0.4, 0.5) is 0 Å². The lowest BCUT2D eigenvalue weighted by atomic mass is 10.2. The maximum absolute atomic E-state index is 5.71. The lowest BCUT2D eigenvalue weighted by Crippen LogP contribution is -1.98. The number of hydrogen-bond donors (Lipinski definition) is 0. The first-order valence-electron chi connectivity index (χ1n) is 6.49. The maximum Gasteiger partial charge on any atom is 0.119 e. The van der Waals surface area contributed by atoms with Gasteiger partial charge in [-0.15, -0.1) is 0 Å². The molecule has 0 N–H and O–H groups in total. The average molecular weight is 252 g/mol. The zero-order valence-electron chi connectivity index (χ0n) is 11.2. The van der Waals surface area contributed by atoms with Gasteiger partial charge in [0.05, 0.1) is 6.61 Å². The van der Waals surface area contributed by atoms with Gasteiger partial charge >= 0.3 is 0 Å². The second kappa shape index (κ2) is 8.46. The Morgan fingerprint density at radius 2 is 2.00 bits per heavy atom. The van der Waals surface area contributed by atoms with Gasteiger partial charge in [-0.05, 0) is 54.9 Å². The van der Waals surface area contributed by atoms with Gasteiger partial charge in [0.15, 0.2) is 0 Å². The number of hydrogen-bond acceptors (Lipinski definition) is 2. The SMILES string of the molecule is Cc1cccc(OCCCCCSC(C)C)c1. The summed E-state index contributed by atoms with van der Waals surface area (Å²) in [6.07, 6.45) is 3.73. The van der Waals surface area contributed by atoms with Crippen molar-refractivity contribution >= 4 is 11.8 Å². The molecule has 1 nitrogen and oxygen atoms in total. The predicted octanol–water partition coefficient (Wildman–Crippen LogP) is 4.69. The van der Waals surface area contributed by atoms with Gasteiger partial charge in [-0.1, -0.05) is 26.0 Å². The standard InChI is InChI=1S/C15H24OS/c1-13(2)17-11-6-4-5-10-16-15-9-7-8-14(3)12-15/h7-9,12-13H,4-6,10-11H2,1-3H3. The molecule has 0 radical (unpaired) electrons. The first kappa shape index (κ1) is 14.4. The van der Waals surface area contributed by atoms with E-state index in [1.54, 1.807) is 0 Å². The highest BCUT2D eigenvalue weighted by atomic mass is 32.2. The van der Waals surface area contributed by atoms with Gasteiger partial charge in [-0.3, -0.25) is 0 Å². The van der Waals surface area contributed by atoms with Crippen LogP contribution in [0.5, 0.6) is 5.75 Å². The van der Waals surface area contributed by atoms with Gasteiger partial charge in [-0.25, -0.2) is 0 Å². The average Bonchev–Trinajstić information content (AvgIpc) is 2.27. The summed E-state index contributed by atoms with van der Waals surface area (Å²) in [5.41, 5.74) is 1.26. The lowest BCUT2D eigenvalue weighted by Gasteiger charge is -2.07. The zero-order chi connectivity index (χ0) is 12.5. The summed E-state index contributed by atoms with van der Waals surface area (Å²) in [5, 5.41) is 0.763. The molecule has 0 heterocycles. The minimum Gasteiger partial charge on any atom is -0.494 e. The Balaban J connectivity index is 2.01. The molecular formula is C15H24OS. The topological polar surface area (TPSA) is 9.23 Å². The number of benzene rings is 1. The third-order valence-electron chi connectivity index (χ3n) is 2.50. The quantitative estimate of drug-likeness (QED) is 0.621. The molecule has 0 aliphatic heterocycles. The fourth-order valence-corrected chi connectivity index (χ4v) is 2.44. The molecule has 17 heavy (non-hydrogen) atoms. The monoisotopic (exact) mass is 252 g/mol. The van der Waals surface area contributed by atoms with Crippen LogP contribution in [-0.4, -0.2) is 17.6 Å². The van der Waals surface area contributed by atoms with Crippen molar-refractivity contribution in [1.82, 2.24) is 0 Å². The van der Waals surface area contributed by atoms with Crippen LogP contribution in [0.1, 0.15) is 38.7 Å². The molecule has 0 aliphatic carbocycles. The predicted molar refractivity (Wildman–Crippen MR) is 78.1 cm³/mol. The minimum absolute atomic E-state index is 0.763. The van der Waals surface area contributed by atoms with Crippen LogP contribution < -0.4 is 4.74 Å². The van der Waals surface area contributed by atoms with Gasteiger partial charge < -0.3 is 4.74 Å². The van der Waals surface area contributed by atoms with Gasteiger partial charge in [-0.2, -0.15) is 11.8 Å². The molecule has 0 aromatic heterocycles. The highest BCUT2D eigenvalue weighted by molar-refractivity contribution is 7.99. The van der Waals surface area contributed by atoms with Crippen LogP contribution >= 0.6 is 11.8 Å². The number of unbranched alkanes of at least 4 members (excludes halogenated alkanes) is 2. The van der Waals surface area contributed by atoms with Gasteiger partial charge in [0.25, 0.3) is 0 Å². The van der Waals surface area contributed by atoms with Crippen LogP contribution in [0.25, 0.3) is 0 Å². The molecule has 1 aromatic rings. The number of thioether (sulfide) groups is 1. The first-order chi connectivity index (χ1) is 8.18. The molecular weight excluding hydrogens is 228 g/mol. The lowest BCUT2D eigenvalue weighted by molar-refractivity contribution is 0.306. The Hall–Kier alpha value is -0.630. The number of aryl methyl sites for hydroxylation is 1. The summed E-state index contributed by atoms with van der Waals surface area (Å²) in [7, 11) is 0. The van der Waals surface area contributed by atoms with Crippen molar-refractivity contribution in [1.29, 1.82) is 0 Å². The summed E-state index contributed by atoms with van der Waals surface area (Å²) in [5.74, 6) is 2.28. The minimum atomic E-state index is 0.763. The molecule has 0 saturated carbocycles. The summed E-state index contributed by atoms with van der Waals surface area (Å²) >= 11 is 2.05. The molecule has 1 rings (SSSR count). The zero-order valence-corrected chi connectivity index (χ0v) is 12.1. The fraction of sp³-hybridized carbons (Fsp3) is 0.600. The van der Waals surface area contributed by atoms with Crippen molar-refractivity contribution in [2.45, 2.75) is 45.3 Å². The molecule has 0 bridgehead atoms. The Labute approximate surface area is 110 Å². The van der Waals surface area contributed by atoms with Gasteiger partial charge in [0.2, 0.25) is 0 Å². The second-order valence-electron chi connectivity index (χ2n) is 4.65. The molecule has 1 aromatic carbocycles. The molecule has 0 unspecified atom stereocenters. The Kier molecular flexibility index (Phi) is 7.18. The molecule has 96 valence electrons. The molecule has 0 spiro atoms. The molecule has 2 heteroatoms. The second-order valence-corrected chi connectivity index (χ2v) is 6.33. The smallest absolute Gasteiger partial charge is 0.119 e. The largest absolute Gasteiger partial charge is 0.494 e. The van der Waals surface area contributed by atoms with Crippen molar-refractivity contribution in [3.05, 3.63) is 29.8 Å². The van der Waals surface area contributed by atoms with Crippen molar-refractivity contribution < 1.29 is 4.74 Å². The summed E-state index contributed by atoms with van der Waals surface area (Å²) in [4.78, 5) is 0. The van der Waals surface area contributed by atoms with E-state index in [0.717, 1.165) is 24.0 Å². The van der Waals surface area contributed by atoms with Crippen molar-refractivity contribution in [3.8, 4) is 5.75 Å². The Bertz CT molecular complexity index is 310. The van der Waals surface area contributed by atoms with Crippen LogP contribution in [0.15, 0.2) is 24.3 Å². The molecule has 0 amide bonds.